The Morgan fingerprint density at radius 2 is 1.38 bits per heavy atom. The third-order valence-electron chi connectivity index (χ3n) is 9.41. The lowest BCUT2D eigenvalue weighted by molar-refractivity contribution is 0.669. The number of pyridine rings is 2. The minimum atomic E-state index is 0.909. The minimum absolute atomic E-state index is 0.909. The van der Waals surface area contributed by atoms with Crippen molar-refractivity contribution in [2.45, 2.75) is 6.92 Å². The maximum Gasteiger partial charge on any atom is 0.141 e. The number of aromatic nitrogens is 3. The van der Waals surface area contributed by atoms with Gasteiger partial charge in [0.05, 0.1) is 16.6 Å². The van der Waals surface area contributed by atoms with Crippen molar-refractivity contribution in [2.75, 3.05) is 0 Å². The van der Waals surface area contributed by atoms with Crippen LogP contribution in [-0.4, -0.2) is 14.5 Å². The topological polar surface area (TPSA) is 43.9 Å². The van der Waals surface area contributed by atoms with Gasteiger partial charge in [0.15, 0.2) is 0 Å². The van der Waals surface area contributed by atoms with Crippen LogP contribution in [0.1, 0.15) is 5.56 Å². The first kappa shape index (κ1) is 24.4. The number of hydrogen-bond acceptors (Lipinski definition) is 3. The van der Waals surface area contributed by atoms with Crippen molar-refractivity contribution in [1.29, 1.82) is 0 Å². The fourth-order valence-electron chi connectivity index (χ4n) is 7.42. The summed E-state index contributed by atoms with van der Waals surface area (Å²) in [6.45, 7) is 2.20. The van der Waals surface area contributed by atoms with Gasteiger partial charge in [-0.15, -0.1) is 0 Å². The summed E-state index contributed by atoms with van der Waals surface area (Å²) < 4.78 is 8.62. The van der Waals surface area contributed by atoms with Crippen LogP contribution in [0.25, 0.3) is 93.1 Å². The zero-order valence-electron chi connectivity index (χ0n) is 24.5. The van der Waals surface area contributed by atoms with Crippen molar-refractivity contribution in [3.05, 3.63) is 139 Å². The molecule has 0 radical (unpaired) electrons. The molecule has 0 aliphatic heterocycles. The van der Waals surface area contributed by atoms with Gasteiger partial charge in [0.25, 0.3) is 0 Å². The zero-order chi connectivity index (χ0) is 29.6. The molecule has 0 saturated heterocycles. The van der Waals surface area contributed by atoms with Crippen LogP contribution < -0.4 is 0 Å². The van der Waals surface area contributed by atoms with Crippen LogP contribution in [0.4, 0.5) is 0 Å². The van der Waals surface area contributed by atoms with Gasteiger partial charge in [-0.3, -0.25) is 9.55 Å². The smallest absolute Gasteiger partial charge is 0.141 e. The molecule has 4 heteroatoms. The van der Waals surface area contributed by atoms with E-state index in [0.29, 0.717) is 0 Å². The highest BCUT2D eigenvalue weighted by Crippen LogP contribution is 2.42. The molecule has 0 aliphatic rings. The van der Waals surface area contributed by atoms with E-state index < -0.39 is 0 Å². The van der Waals surface area contributed by atoms with Crippen LogP contribution in [0.15, 0.2) is 138 Å². The van der Waals surface area contributed by atoms with Crippen LogP contribution in [0.3, 0.4) is 0 Å². The quantitative estimate of drug-likeness (QED) is 0.193. The third kappa shape index (κ3) is 3.36. The predicted octanol–water partition coefficient (Wildman–Crippen LogP) is 10.9. The van der Waals surface area contributed by atoms with Crippen molar-refractivity contribution in [2.24, 2.45) is 0 Å². The van der Waals surface area contributed by atoms with Gasteiger partial charge in [0, 0.05) is 55.8 Å². The molecule has 0 N–H and O–H groups in total. The summed E-state index contributed by atoms with van der Waals surface area (Å²) in [7, 11) is 0. The first-order valence-corrected chi connectivity index (χ1v) is 15.2. The predicted molar refractivity (Wildman–Crippen MR) is 186 cm³/mol. The van der Waals surface area contributed by atoms with Gasteiger partial charge in [-0.25, -0.2) is 4.98 Å². The highest BCUT2D eigenvalue weighted by Gasteiger charge is 2.21. The molecule has 6 aromatic carbocycles. The summed E-state index contributed by atoms with van der Waals surface area (Å²) in [6.07, 6.45) is 3.79. The number of nitrogens with zero attached hydrogens (tertiary/aromatic N) is 3. The zero-order valence-corrected chi connectivity index (χ0v) is 24.5. The SMILES string of the molecule is Cc1c(-n2c3ccccc3c3cc4c(ccc5oc6ccccc6c54)cc32)nc2c(ccc3ccccc32)c1-c1cccnc1. The molecule has 45 heavy (non-hydrogen) atoms. The summed E-state index contributed by atoms with van der Waals surface area (Å²) in [5, 5.41) is 10.5. The molecule has 4 aromatic heterocycles. The second-order valence-corrected chi connectivity index (χ2v) is 11.8. The average molecular weight is 576 g/mol. The van der Waals surface area contributed by atoms with Crippen LogP contribution in [-0.2, 0) is 0 Å². The third-order valence-corrected chi connectivity index (χ3v) is 9.41. The molecule has 0 bridgehead atoms. The first-order chi connectivity index (χ1) is 22.2. The Morgan fingerprint density at radius 3 is 2.27 bits per heavy atom. The van der Waals surface area contributed by atoms with Gasteiger partial charge in [-0.1, -0.05) is 84.9 Å². The Kier molecular flexibility index (Phi) is 4.89. The molecule has 0 fully saturated rings. The largest absolute Gasteiger partial charge is 0.456 e. The molecule has 0 aliphatic carbocycles. The summed E-state index contributed by atoms with van der Waals surface area (Å²) in [5.41, 5.74) is 8.43. The summed E-state index contributed by atoms with van der Waals surface area (Å²) >= 11 is 0. The van der Waals surface area contributed by atoms with Crippen molar-refractivity contribution >= 4 is 76.2 Å². The molecular weight excluding hydrogens is 550 g/mol. The second kappa shape index (κ2) is 9.01. The maximum absolute atomic E-state index is 6.26. The lowest BCUT2D eigenvalue weighted by atomic mass is 9.95. The van der Waals surface area contributed by atoms with Crippen molar-refractivity contribution in [3.8, 4) is 16.9 Å². The molecule has 0 spiro atoms. The molecule has 10 rings (SSSR count). The van der Waals surface area contributed by atoms with Gasteiger partial charge >= 0.3 is 0 Å². The normalized spacial score (nSPS) is 12.1. The van der Waals surface area contributed by atoms with Crippen molar-refractivity contribution in [1.82, 2.24) is 14.5 Å². The van der Waals surface area contributed by atoms with E-state index in [-0.39, 0.29) is 0 Å². The van der Waals surface area contributed by atoms with E-state index >= 15 is 0 Å². The highest BCUT2D eigenvalue weighted by molar-refractivity contribution is 6.23. The van der Waals surface area contributed by atoms with E-state index in [2.05, 4.69) is 120 Å². The molecule has 4 nitrogen and oxygen atoms in total. The number of rotatable bonds is 2. The summed E-state index contributed by atoms with van der Waals surface area (Å²) in [4.78, 5) is 10.0. The molecule has 0 unspecified atom stereocenters. The molecule has 0 amide bonds. The van der Waals surface area contributed by atoms with Gasteiger partial charge in [-0.2, -0.15) is 0 Å². The molecule has 4 heterocycles. The van der Waals surface area contributed by atoms with Crippen molar-refractivity contribution in [3.63, 3.8) is 0 Å². The summed E-state index contributed by atoms with van der Waals surface area (Å²) in [6, 6.07) is 43.0. The first-order valence-electron chi connectivity index (χ1n) is 15.2. The van der Waals surface area contributed by atoms with Gasteiger partial charge in [0.1, 0.15) is 17.0 Å². The Balaban J connectivity index is 1.38. The second-order valence-electron chi connectivity index (χ2n) is 11.8. The molecule has 0 atom stereocenters. The van der Waals surface area contributed by atoms with E-state index in [1.54, 1.807) is 0 Å². The van der Waals surface area contributed by atoms with Crippen LogP contribution in [0, 0.1) is 6.92 Å². The van der Waals surface area contributed by atoms with Gasteiger partial charge in [-0.05, 0) is 65.0 Å². The monoisotopic (exact) mass is 575 g/mol. The molecular formula is C41H25N3O. The Hall–Kier alpha value is -6.00. The number of furan rings is 1. The molecule has 0 saturated carbocycles. The van der Waals surface area contributed by atoms with Crippen LogP contribution >= 0.6 is 0 Å². The molecule has 10 aromatic rings. The highest BCUT2D eigenvalue weighted by atomic mass is 16.3. The maximum atomic E-state index is 6.26. The van der Waals surface area contributed by atoms with Crippen LogP contribution in [0.5, 0.6) is 0 Å². The van der Waals surface area contributed by atoms with Crippen molar-refractivity contribution < 1.29 is 4.42 Å². The van der Waals surface area contributed by atoms with Gasteiger partial charge in [0.2, 0.25) is 0 Å². The average Bonchev–Trinajstić information content (AvgIpc) is 3.63. The van der Waals surface area contributed by atoms with E-state index in [0.717, 1.165) is 71.8 Å². The minimum Gasteiger partial charge on any atom is -0.456 e. The van der Waals surface area contributed by atoms with E-state index in [4.69, 9.17) is 9.40 Å². The van der Waals surface area contributed by atoms with E-state index in [9.17, 15) is 0 Å². The lowest BCUT2D eigenvalue weighted by Crippen LogP contribution is -2.04. The number of benzene rings is 6. The fraction of sp³-hybridized carbons (Fsp3) is 0.0244. The molecule has 210 valence electrons. The standard InChI is InChI=1S/C41H25N3O/c1-24-38(27-10-8-20-42-23-27)31-18-16-25-9-2-3-11-28(25)40(31)43-41(24)44-34-14-6-4-12-29(34)33-22-32-26(21-35(33)44)17-19-37-39(32)30-13-5-7-15-36(30)45-37/h2-23H,1H3. The Bertz CT molecular complexity index is 2820. The Morgan fingerprint density at radius 1 is 0.578 bits per heavy atom. The van der Waals surface area contributed by atoms with E-state index in [1.807, 2.05) is 30.6 Å². The van der Waals surface area contributed by atoms with Crippen LogP contribution in [0.2, 0.25) is 0 Å². The number of fused-ring (bicyclic) bond motifs is 11. The van der Waals surface area contributed by atoms with Gasteiger partial charge < -0.3 is 4.42 Å². The Labute approximate surface area is 257 Å². The summed E-state index contributed by atoms with van der Waals surface area (Å²) in [5.74, 6) is 0.929. The number of hydrogen-bond donors (Lipinski definition) is 0. The number of para-hydroxylation sites is 2. The lowest BCUT2D eigenvalue weighted by Gasteiger charge is -2.18. The van der Waals surface area contributed by atoms with E-state index in [1.165, 1.54) is 26.9 Å². The fourth-order valence-corrected chi connectivity index (χ4v) is 7.42.